The number of aromatic nitrogens is 2. The third-order valence-electron chi connectivity index (χ3n) is 3.99. The molecular formula is C17H19FN4O3. The number of carbonyl (C=O) groups excluding carboxylic acids is 2. The Morgan fingerprint density at radius 2 is 1.92 bits per heavy atom. The Hall–Kier alpha value is -2.74. The summed E-state index contributed by atoms with van der Waals surface area (Å²) in [5.74, 6) is -1.04. The second-order valence-corrected chi connectivity index (χ2v) is 5.59. The molecule has 1 aliphatic rings. The first-order chi connectivity index (χ1) is 12.1. The van der Waals surface area contributed by atoms with Gasteiger partial charge in [0.1, 0.15) is 11.5 Å². The number of aryl methyl sites for hydroxylation is 1. The van der Waals surface area contributed by atoms with Gasteiger partial charge in [-0.1, -0.05) is 0 Å². The van der Waals surface area contributed by atoms with Crippen LogP contribution < -0.4 is 5.32 Å². The maximum atomic E-state index is 13.0. The van der Waals surface area contributed by atoms with Crippen molar-refractivity contribution in [3.05, 3.63) is 47.5 Å². The average molecular weight is 346 g/mol. The van der Waals surface area contributed by atoms with Crippen molar-refractivity contribution in [2.24, 2.45) is 0 Å². The van der Waals surface area contributed by atoms with E-state index in [2.05, 4.69) is 10.4 Å². The number of hydrogen-bond donors (Lipinski definition) is 1. The quantitative estimate of drug-likeness (QED) is 0.915. The molecule has 0 unspecified atom stereocenters. The van der Waals surface area contributed by atoms with E-state index in [1.807, 2.05) is 6.92 Å². The lowest BCUT2D eigenvalue weighted by Crippen LogP contribution is -2.41. The van der Waals surface area contributed by atoms with Gasteiger partial charge in [0.25, 0.3) is 11.8 Å². The Kier molecular flexibility index (Phi) is 5.08. The smallest absolute Gasteiger partial charge is 0.274 e. The van der Waals surface area contributed by atoms with Gasteiger partial charge in [0.2, 0.25) is 0 Å². The summed E-state index contributed by atoms with van der Waals surface area (Å²) in [5.41, 5.74) is 0.975. The average Bonchev–Trinajstić information content (AvgIpc) is 3.05. The van der Waals surface area contributed by atoms with E-state index in [0.29, 0.717) is 49.8 Å². The third kappa shape index (κ3) is 3.69. The van der Waals surface area contributed by atoms with Crippen LogP contribution in [0.25, 0.3) is 0 Å². The maximum absolute atomic E-state index is 13.0. The van der Waals surface area contributed by atoms with E-state index < -0.39 is 11.7 Å². The molecule has 1 aliphatic heterocycles. The summed E-state index contributed by atoms with van der Waals surface area (Å²) >= 11 is 0. The zero-order valence-electron chi connectivity index (χ0n) is 13.9. The fraction of sp³-hybridized carbons (Fsp3) is 0.353. The van der Waals surface area contributed by atoms with E-state index in [1.54, 1.807) is 9.58 Å². The van der Waals surface area contributed by atoms with Crippen LogP contribution in [0, 0.1) is 5.82 Å². The molecule has 0 radical (unpaired) electrons. The van der Waals surface area contributed by atoms with Crippen molar-refractivity contribution in [1.82, 2.24) is 14.7 Å². The molecule has 2 aromatic rings. The monoisotopic (exact) mass is 346 g/mol. The van der Waals surface area contributed by atoms with Crippen molar-refractivity contribution < 1.29 is 18.7 Å². The van der Waals surface area contributed by atoms with E-state index in [9.17, 15) is 14.0 Å². The number of hydrogen-bond acceptors (Lipinski definition) is 4. The van der Waals surface area contributed by atoms with Gasteiger partial charge in [-0.05, 0) is 31.2 Å². The maximum Gasteiger partial charge on any atom is 0.274 e. The standard InChI is InChI=1S/C17H19FN4O3/c1-2-22-15(17(24)21-7-9-25-10-8-21)14(11-19-22)20-16(23)12-3-5-13(18)6-4-12/h3-6,11H,2,7-10H2,1H3,(H,20,23). The predicted molar refractivity (Wildman–Crippen MR) is 89.0 cm³/mol. The molecule has 2 heterocycles. The summed E-state index contributed by atoms with van der Waals surface area (Å²) in [6, 6.07) is 5.20. The highest BCUT2D eigenvalue weighted by Crippen LogP contribution is 2.19. The molecule has 0 bridgehead atoms. The molecule has 8 heteroatoms. The van der Waals surface area contributed by atoms with Gasteiger partial charge in [-0.15, -0.1) is 0 Å². The molecule has 1 saturated heterocycles. The van der Waals surface area contributed by atoms with Crippen LogP contribution in [0.1, 0.15) is 27.8 Å². The Morgan fingerprint density at radius 1 is 1.24 bits per heavy atom. The molecule has 0 saturated carbocycles. The van der Waals surface area contributed by atoms with Gasteiger partial charge < -0.3 is 15.0 Å². The van der Waals surface area contributed by atoms with E-state index in [-0.39, 0.29) is 5.91 Å². The van der Waals surface area contributed by atoms with Gasteiger partial charge >= 0.3 is 0 Å². The Morgan fingerprint density at radius 3 is 2.56 bits per heavy atom. The highest BCUT2D eigenvalue weighted by molar-refractivity contribution is 6.08. The Balaban J connectivity index is 1.84. The number of halogens is 1. The van der Waals surface area contributed by atoms with Crippen molar-refractivity contribution in [2.45, 2.75) is 13.5 Å². The SMILES string of the molecule is CCn1ncc(NC(=O)c2ccc(F)cc2)c1C(=O)N1CCOCC1. The number of morpholine rings is 1. The highest BCUT2D eigenvalue weighted by atomic mass is 19.1. The minimum atomic E-state index is -0.424. The molecule has 7 nitrogen and oxygen atoms in total. The zero-order chi connectivity index (χ0) is 17.8. The topological polar surface area (TPSA) is 76.5 Å². The van der Waals surface area contributed by atoms with Crippen LogP contribution in [-0.4, -0.2) is 52.8 Å². The first-order valence-corrected chi connectivity index (χ1v) is 8.10. The van der Waals surface area contributed by atoms with Crippen molar-refractivity contribution in [2.75, 3.05) is 31.6 Å². The molecule has 1 fully saturated rings. The fourth-order valence-electron chi connectivity index (χ4n) is 2.65. The second-order valence-electron chi connectivity index (χ2n) is 5.59. The fourth-order valence-corrected chi connectivity index (χ4v) is 2.65. The molecule has 1 N–H and O–H groups in total. The number of ether oxygens (including phenoxy) is 1. The third-order valence-corrected chi connectivity index (χ3v) is 3.99. The largest absolute Gasteiger partial charge is 0.378 e. The first-order valence-electron chi connectivity index (χ1n) is 8.10. The number of benzene rings is 1. The van der Waals surface area contributed by atoms with Crippen LogP contribution in [0.5, 0.6) is 0 Å². The molecule has 132 valence electrons. The Bertz CT molecular complexity index is 767. The van der Waals surface area contributed by atoms with Crippen molar-refractivity contribution >= 4 is 17.5 Å². The molecule has 25 heavy (non-hydrogen) atoms. The van der Waals surface area contributed by atoms with Crippen LogP contribution in [0.4, 0.5) is 10.1 Å². The zero-order valence-corrected chi connectivity index (χ0v) is 13.9. The molecule has 3 rings (SSSR count). The number of carbonyl (C=O) groups is 2. The van der Waals surface area contributed by atoms with Crippen LogP contribution in [0.2, 0.25) is 0 Å². The molecular weight excluding hydrogens is 327 g/mol. The number of anilines is 1. The van der Waals surface area contributed by atoms with Gasteiger partial charge in [-0.25, -0.2) is 4.39 Å². The molecule has 2 amide bonds. The lowest BCUT2D eigenvalue weighted by atomic mass is 10.2. The molecule has 0 spiro atoms. The van der Waals surface area contributed by atoms with E-state index in [0.717, 1.165) is 0 Å². The minimum absolute atomic E-state index is 0.197. The number of nitrogens with zero attached hydrogens (tertiary/aromatic N) is 3. The van der Waals surface area contributed by atoms with Crippen molar-refractivity contribution in [3.63, 3.8) is 0 Å². The number of rotatable bonds is 4. The van der Waals surface area contributed by atoms with Gasteiger partial charge in [-0.3, -0.25) is 14.3 Å². The van der Waals surface area contributed by atoms with Crippen LogP contribution >= 0.6 is 0 Å². The summed E-state index contributed by atoms with van der Waals surface area (Å²) in [6.45, 7) is 4.34. The van der Waals surface area contributed by atoms with Gasteiger partial charge in [0.15, 0.2) is 0 Å². The predicted octanol–water partition coefficient (Wildman–Crippen LogP) is 1.77. The summed E-state index contributed by atoms with van der Waals surface area (Å²) in [7, 11) is 0. The number of nitrogens with one attached hydrogen (secondary N) is 1. The Labute approximate surface area is 144 Å². The summed E-state index contributed by atoms with van der Waals surface area (Å²) < 4.78 is 19.8. The van der Waals surface area contributed by atoms with Gasteiger partial charge in [0.05, 0.1) is 25.1 Å². The summed E-state index contributed by atoms with van der Waals surface area (Å²) in [6.07, 6.45) is 1.46. The van der Waals surface area contributed by atoms with Gasteiger partial charge in [0, 0.05) is 25.2 Å². The van der Waals surface area contributed by atoms with E-state index >= 15 is 0 Å². The normalized spacial score (nSPS) is 14.4. The lowest BCUT2D eigenvalue weighted by molar-refractivity contribution is 0.0295. The lowest BCUT2D eigenvalue weighted by Gasteiger charge is -2.27. The van der Waals surface area contributed by atoms with E-state index in [1.165, 1.54) is 30.5 Å². The van der Waals surface area contributed by atoms with Crippen LogP contribution in [0.3, 0.4) is 0 Å². The first kappa shape index (κ1) is 17.1. The highest BCUT2D eigenvalue weighted by Gasteiger charge is 2.26. The molecule has 1 aromatic heterocycles. The number of amides is 2. The second kappa shape index (κ2) is 7.43. The van der Waals surface area contributed by atoms with Crippen LogP contribution in [-0.2, 0) is 11.3 Å². The molecule has 0 atom stereocenters. The van der Waals surface area contributed by atoms with Crippen molar-refractivity contribution in [1.29, 1.82) is 0 Å². The minimum Gasteiger partial charge on any atom is -0.378 e. The van der Waals surface area contributed by atoms with E-state index in [4.69, 9.17) is 4.74 Å². The van der Waals surface area contributed by atoms with Crippen molar-refractivity contribution in [3.8, 4) is 0 Å². The molecule has 1 aromatic carbocycles. The van der Waals surface area contributed by atoms with Crippen LogP contribution in [0.15, 0.2) is 30.5 Å². The molecule has 0 aliphatic carbocycles. The van der Waals surface area contributed by atoms with Gasteiger partial charge in [-0.2, -0.15) is 5.10 Å². The summed E-state index contributed by atoms with van der Waals surface area (Å²) in [5, 5.41) is 6.87. The summed E-state index contributed by atoms with van der Waals surface area (Å²) in [4.78, 5) is 26.9.